The zero-order valence-corrected chi connectivity index (χ0v) is 23.6. The summed E-state index contributed by atoms with van der Waals surface area (Å²) in [5.74, 6) is 2.48. The average Bonchev–Trinajstić information content (AvgIpc) is 2.81. The molecule has 0 aromatic carbocycles. The molecule has 0 spiro atoms. The number of thioether (sulfide) groups is 1. The molecule has 0 aromatic rings. The Hall–Kier alpha value is 0.270. The average molecular weight is 448 g/mol. The number of unbranched alkanes of at least 4 members (excludes halogenated alkanes) is 2. The maximum Gasteiger partial charge on any atom is 0.105 e. The third kappa shape index (κ3) is 16.0. The van der Waals surface area contributed by atoms with Gasteiger partial charge in [-0.2, -0.15) is 11.8 Å². The third-order valence-corrected chi connectivity index (χ3v) is 7.89. The number of rotatable bonds is 18. The summed E-state index contributed by atoms with van der Waals surface area (Å²) < 4.78 is 0. The molecule has 0 radical (unpaired) electrons. The van der Waals surface area contributed by atoms with E-state index in [0.717, 1.165) is 25.7 Å². The molecule has 0 fully saturated rings. The van der Waals surface area contributed by atoms with Crippen LogP contribution < -0.4 is 5.32 Å². The molecule has 0 aromatic heterocycles. The van der Waals surface area contributed by atoms with Crippen LogP contribution in [-0.2, 0) is 0 Å². The van der Waals surface area contributed by atoms with Crippen LogP contribution in [0, 0.1) is 5.41 Å². The Kier molecular flexibility index (Phi) is 27.8. The fourth-order valence-corrected chi connectivity index (χ4v) is 4.95. The first-order chi connectivity index (χ1) is 14.5. The highest BCUT2D eigenvalue weighted by Crippen LogP contribution is 2.37. The first-order valence-corrected chi connectivity index (χ1v) is 14.7. The van der Waals surface area contributed by atoms with Gasteiger partial charge in [-0.05, 0) is 61.9 Å². The maximum absolute atomic E-state index is 10.5. The Balaban J connectivity index is -0.00000171. The van der Waals surface area contributed by atoms with Gasteiger partial charge in [-0.25, -0.2) is 0 Å². The van der Waals surface area contributed by atoms with Crippen molar-refractivity contribution in [2.24, 2.45) is 5.41 Å². The van der Waals surface area contributed by atoms with Crippen molar-refractivity contribution in [3.8, 4) is 0 Å². The lowest BCUT2D eigenvalue weighted by atomic mass is 9.74. The highest BCUT2D eigenvalue weighted by molar-refractivity contribution is 7.99. The molecule has 2 nitrogen and oxygen atoms in total. The molecular weight excluding hydrogens is 386 g/mol. The quantitative estimate of drug-likeness (QED) is 0.162. The van der Waals surface area contributed by atoms with E-state index in [9.17, 15) is 5.11 Å². The SMILES string of the molecule is CC.CC.CCSCCCCCC(O)NC(CC)(CC)CCCC(CC)(CC)CC. The Labute approximate surface area is 197 Å². The lowest BCUT2D eigenvalue weighted by Gasteiger charge is -2.38. The molecule has 0 aliphatic carbocycles. The summed E-state index contributed by atoms with van der Waals surface area (Å²) in [6, 6.07) is 0. The molecule has 2 N–H and O–H groups in total. The van der Waals surface area contributed by atoms with Gasteiger partial charge in [0.25, 0.3) is 0 Å². The number of hydrogen-bond donors (Lipinski definition) is 2. The van der Waals surface area contributed by atoms with Crippen molar-refractivity contribution in [3.63, 3.8) is 0 Å². The van der Waals surface area contributed by atoms with Gasteiger partial charge in [0.15, 0.2) is 0 Å². The van der Waals surface area contributed by atoms with Crippen LogP contribution in [-0.4, -0.2) is 28.4 Å². The minimum absolute atomic E-state index is 0.110. The predicted molar refractivity (Wildman–Crippen MR) is 144 cm³/mol. The molecule has 3 heteroatoms. The molecule has 1 unspecified atom stereocenters. The van der Waals surface area contributed by atoms with Crippen LogP contribution >= 0.6 is 11.8 Å². The molecular formula is C27H61NOS. The smallest absolute Gasteiger partial charge is 0.105 e. The summed E-state index contributed by atoms with van der Waals surface area (Å²) in [5, 5.41) is 14.2. The van der Waals surface area contributed by atoms with E-state index in [4.69, 9.17) is 0 Å². The summed E-state index contributed by atoms with van der Waals surface area (Å²) in [6.07, 6.45) is 14.1. The van der Waals surface area contributed by atoms with Crippen LogP contribution in [0.4, 0.5) is 0 Å². The second-order valence-corrected chi connectivity index (χ2v) is 9.50. The molecule has 0 bridgehead atoms. The normalized spacial score (nSPS) is 12.5. The molecule has 0 aliphatic rings. The van der Waals surface area contributed by atoms with E-state index in [1.54, 1.807) is 0 Å². The van der Waals surface area contributed by atoms with Crippen molar-refractivity contribution in [1.29, 1.82) is 0 Å². The van der Waals surface area contributed by atoms with Gasteiger partial charge in [-0.3, -0.25) is 5.32 Å². The topological polar surface area (TPSA) is 32.3 Å². The van der Waals surface area contributed by atoms with Crippen molar-refractivity contribution in [1.82, 2.24) is 5.32 Å². The first kappa shape index (κ1) is 34.9. The molecule has 0 saturated carbocycles. The van der Waals surface area contributed by atoms with Crippen molar-refractivity contribution in [3.05, 3.63) is 0 Å². The number of hydrogen-bond acceptors (Lipinski definition) is 3. The van der Waals surface area contributed by atoms with Crippen molar-refractivity contribution in [2.45, 2.75) is 158 Å². The molecule has 0 amide bonds. The monoisotopic (exact) mass is 447 g/mol. The minimum atomic E-state index is -0.345. The van der Waals surface area contributed by atoms with Crippen LogP contribution in [0.25, 0.3) is 0 Å². The Morgan fingerprint density at radius 3 is 1.67 bits per heavy atom. The Morgan fingerprint density at radius 2 is 1.23 bits per heavy atom. The first-order valence-electron chi connectivity index (χ1n) is 13.5. The second kappa shape index (κ2) is 23.9. The van der Waals surface area contributed by atoms with Gasteiger partial charge < -0.3 is 5.11 Å². The van der Waals surface area contributed by atoms with Crippen molar-refractivity contribution in [2.75, 3.05) is 11.5 Å². The van der Waals surface area contributed by atoms with Crippen molar-refractivity contribution >= 4 is 11.8 Å². The Morgan fingerprint density at radius 1 is 0.700 bits per heavy atom. The largest absolute Gasteiger partial charge is 0.379 e. The lowest BCUT2D eigenvalue weighted by Crippen LogP contribution is -2.49. The maximum atomic E-state index is 10.5. The molecule has 0 heterocycles. The zero-order valence-electron chi connectivity index (χ0n) is 22.8. The van der Waals surface area contributed by atoms with E-state index >= 15 is 0 Å². The predicted octanol–water partition coefficient (Wildman–Crippen LogP) is 9.21. The zero-order chi connectivity index (χ0) is 23.9. The summed E-state index contributed by atoms with van der Waals surface area (Å²) in [6.45, 7) is 21.8. The van der Waals surface area contributed by atoms with Gasteiger partial charge in [-0.1, -0.05) is 101 Å². The highest BCUT2D eigenvalue weighted by atomic mass is 32.2. The molecule has 0 rings (SSSR count). The van der Waals surface area contributed by atoms with Crippen LogP contribution in [0.15, 0.2) is 0 Å². The fraction of sp³-hybridized carbons (Fsp3) is 1.00. The van der Waals surface area contributed by atoms with Crippen LogP contribution in [0.5, 0.6) is 0 Å². The van der Waals surface area contributed by atoms with E-state index in [-0.39, 0.29) is 11.8 Å². The standard InChI is InChI=1S/C23H49NOS.2C2H6/c1-7-22(8-2,9-3)18-16-19-23(10-4,11-5)24-21(25)17-14-13-15-20-26-12-6;2*1-2/h21,24-25H,7-20H2,1-6H3;2*1-2H3. The van der Waals surface area contributed by atoms with Gasteiger partial charge in [0, 0.05) is 5.54 Å². The summed E-state index contributed by atoms with van der Waals surface area (Å²) in [4.78, 5) is 0. The van der Waals surface area contributed by atoms with Gasteiger partial charge in [0.05, 0.1) is 0 Å². The van der Waals surface area contributed by atoms with E-state index < -0.39 is 0 Å². The minimum Gasteiger partial charge on any atom is -0.379 e. The molecule has 186 valence electrons. The van der Waals surface area contributed by atoms with E-state index in [2.05, 4.69) is 46.9 Å². The lowest BCUT2D eigenvalue weighted by molar-refractivity contribution is 0.0689. The Bertz CT molecular complexity index is 306. The molecule has 0 saturated heterocycles. The number of nitrogens with one attached hydrogen (secondary N) is 1. The summed E-state index contributed by atoms with van der Waals surface area (Å²) in [7, 11) is 0. The highest BCUT2D eigenvalue weighted by Gasteiger charge is 2.30. The number of aliphatic hydroxyl groups is 1. The van der Waals surface area contributed by atoms with Gasteiger partial charge in [0.1, 0.15) is 6.23 Å². The molecule has 0 aliphatic heterocycles. The van der Waals surface area contributed by atoms with Gasteiger partial charge >= 0.3 is 0 Å². The van der Waals surface area contributed by atoms with E-state index in [1.165, 1.54) is 62.9 Å². The number of aliphatic hydroxyl groups excluding tert-OH is 1. The van der Waals surface area contributed by atoms with Crippen molar-refractivity contribution < 1.29 is 5.11 Å². The fourth-order valence-electron chi connectivity index (χ4n) is 4.25. The molecule has 1 atom stereocenters. The van der Waals surface area contributed by atoms with Crippen LogP contribution in [0.3, 0.4) is 0 Å². The van der Waals surface area contributed by atoms with E-state index in [1.807, 2.05) is 39.5 Å². The molecule has 30 heavy (non-hydrogen) atoms. The summed E-state index contributed by atoms with van der Waals surface area (Å²) in [5.41, 5.74) is 0.640. The van der Waals surface area contributed by atoms with Gasteiger partial charge in [-0.15, -0.1) is 0 Å². The van der Waals surface area contributed by atoms with Crippen LogP contribution in [0.1, 0.15) is 146 Å². The summed E-state index contributed by atoms with van der Waals surface area (Å²) >= 11 is 2.02. The third-order valence-electron chi connectivity index (χ3n) is 6.91. The van der Waals surface area contributed by atoms with Gasteiger partial charge in [0.2, 0.25) is 0 Å². The second-order valence-electron chi connectivity index (χ2n) is 8.11. The van der Waals surface area contributed by atoms with E-state index in [0.29, 0.717) is 5.41 Å². The van der Waals surface area contributed by atoms with Crippen LogP contribution in [0.2, 0.25) is 0 Å².